The second-order valence-electron chi connectivity index (χ2n) is 2.33. The molecule has 1 rings (SSSR count). The monoisotopic (exact) mass is 151 g/mol. The molecule has 11 heavy (non-hydrogen) atoms. The number of anilines is 1. The lowest BCUT2D eigenvalue weighted by Gasteiger charge is -2.00. The lowest BCUT2D eigenvalue weighted by atomic mass is 10.1. The first-order chi connectivity index (χ1) is 5.24. The number of nitrogens with two attached hydrogens (primary N) is 1. The molecule has 0 unspecified atom stereocenters. The zero-order chi connectivity index (χ0) is 8.27. The van der Waals surface area contributed by atoms with E-state index in [2.05, 4.69) is 4.98 Å². The van der Waals surface area contributed by atoms with Crippen molar-refractivity contribution in [2.45, 2.75) is 12.9 Å². The highest BCUT2D eigenvalue weighted by Gasteiger charge is 1.94. The van der Waals surface area contributed by atoms with Crippen molar-refractivity contribution in [1.29, 1.82) is 0 Å². The normalized spacial score (nSPS) is 9.82. The SMILES string of the molecule is BCCn1ccc(N)nc1=O. The molecule has 0 radical (unpaired) electrons. The molecule has 0 aromatic carbocycles. The van der Waals surface area contributed by atoms with Gasteiger partial charge in [0.2, 0.25) is 0 Å². The highest BCUT2D eigenvalue weighted by atomic mass is 16.1. The number of rotatable bonds is 2. The Balaban J connectivity index is 3.00. The molecule has 0 fully saturated rings. The van der Waals surface area contributed by atoms with E-state index in [1.54, 1.807) is 12.3 Å². The predicted molar refractivity (Wildman–Crippen MR) is 46.3 cm³/mol. The topological polar surface area (TPSA) is 60.9 Å². The molecule has 0 aliphatic carbocycles. The molecule has 2 N–H and O–H groups in total. The summed E-state index contributed by atoms with van der Waals surface area (Å²) in [5.74, 6) is 0.280. The zero-order valence-corrected chi connectivity index (χ0v) is 6.45. The van der Waals surface area contributed by atoms with Crippen molar-refractivity contribution in [2.24, 2.45) is 0 Å². The fourth-order valence-electron chi connectivity index (χ4n) is 0.853. The van der Waals surface area contributed by atoms with Gasteiger partial charge in [-0.2, -0.15) is 4.98 Å². The molecular formula is C6H10BN3O. The van der Waals surface area contributed by atoms with Crippen LogP contribution in [0.15, 0.2) is 17.1 Å². The van der Waals surface area contributed by atoms with E-state index in [-0.39, 0.29) is 11.5 Å². The molecular weight excluding hydrogens is 141 g/mol. The molecule has 0 atom stereocenters. The highest BCUT2D eigenvalue weighted by Crippen LogP contribution is 1.89. The first-order valence-corrected chi connectivity index (χ1v) is 3.57. The summed E-state index contributed by atoms with van der Waals surface area (Å²) in [4.78, 5) is 14.6. The van der Waals surface area contributed by atoms with Gasteiger partial charge in [0.05, 0.1) is 0 Å². The summed E-state index contributed by atoms with van der Waals surface area (Å²) in [6.07, 6.45) is 2.58. The van der Waals surface area contributed by atoms with Crippen molar-refractivity contribution in [1.82, 2.24) is 9.55 Å². The van der Waals surface area contributed by atoms with Crippen LogP contribution in [0.3, 0.4) is 0 Å². The van der Waals surface area contributed by atoms with Crippen LogP contribution in [0.5, 0.6) is 0 Å². The van der Waals surface area contributed by atoms with Gasteiger partial charge in [0, 0.05) is 12.7 Å². The quantitative estimate of drug-likeness (QED) is 0.544. The van der Waals surface area contributed by atoms with Crippen molar-refractivity contribution in [3.63, 3.8) is 0 Å². The summed E-state index contributed by atoms with van der Waals surface area (Å²) in [5.41, 5.74) is 5.03. The largest absolute Gasteiger partial charge is 0.383 e. The van der Waals surface area contributed by atoms with E-state index in [9.17, 15) is 4.79 Å². The summed E-state index contributed by atoms with van der Waals surface area (Å²) in [6, 6.07) is 1.62. The van der Waals surface area contributed by atoms with E-state index < -0.39 is 0 Å². The molecule has 0 aliphatic rings. The van der Waals surface area contributed by atoms with Crippen LogP contribution < -0.4 is 11.4 Å². The van der Waals surface area contributed by atoms with Crippen molar-refractivity contribution < 1.29 is 0 Å². The molecule has 5 heteroatoms. The zero-order valence-electron chi connectivity index (χ0n) is 6.45. The Hall–Kier alpha value is -1.26. The van der Waals surface area contributed by atoms with Gasteiger partial charge in [-0.15, -0.1) is 0 Å². The summed E-state index contributed by atoms with van der Waals surface area (Å²) < 4.78 is 1.54. The molecule has 0 bridgehead atoms. The Morgan fingerprint density at radius 1 is 1.73 bits per heavy atom. The molecule has 4 nitrogen and oxygen atoms in total. The predicted octanol–water partition coefficient (Wildman–Crippen LogP) is -1.12. The fraction of sp³-hybridized carbons (Fsp3) is 0.333. The summed E-state index contributed by atoms with van der Waals surface area (Å²) in [7, 11) is 2.00. The standard InChI is InChI=1S/C6H10BN3O/c7-2-4-10-3-1-5(8)9-6(10)11/h1,3H,2,4,7H2,(H2,8,9,11). The minimum absolute atomic E-state index is 0.271. The maximum absolute atomic E-state index is 11.0. The van der Waals surface area contributed by atoms with Crippen LogP contribution in [0, 0.1) is 0 Å². The average molecular weight is 151 g/mol. The second-order valence-corrected chi connectivity index (χ2v) is 2.33. The van der Waals surface area contributed by atoms with Gasteiger partial charge in [0.15, 0.2) is 0 Å². The third kappa shape index (κ3) is 1.83. The van der Waals surface area contributed by atoms with Gasteiger partial charge in [-0.25, -0.2) is 4.79 Å². The molecule has 0 amide bonds. The van der Waals surface area contributed by atoms with Crippen LogP contribution in [0.4, 0.5) is 5.82 Å². The molecule has 0 spiro atoms. The molecule has 1 heterocycles. The van der Waals surface area contributed by atoms with E-state index in [0.29, 0.717) is 6.54 Å². The van der Waals surface area contributed by atoms with E-state index in [0.717, 1.165) is 6.32 Å². The van der Waals surface area contributed by atoms with Crippen molar-refractivity contribution in [3.8, 4) is 0 Å². The van der Waals surface area contributed by atoms with Gasteiger partial charge in [0.25, 0.3) is 0 Å². The van der Waals surface area contributed by atoms with Gasteiger partial charge >= 0.3 is 5.69 Å². The van der Waals surface area contributed by atoms with E-state index in [4.69, 9.17) is 5.73 Å². The highest BCUT2D eigenvalue weighted by molar-refractivity contribution is 6.08. The third-order valence-electron chi connectivity index (χ3n) is 1.36. The van der Waals surface area contributed by atoms with Gasteiger partial charge in [-0.3, -0.25) is 4.57 Å². The number of hydrogen-bond donors (Lipinski definition) is 1. The minimum Gasteiger partial charge on any atom is -0.383 e. The van der Waals surface area contributed by atoms with Crippen LogP contribution in [-0.2, 0) is 6.54 Å². The first-order valence-electron chi connectivity index (χ1n) is 3.57. The lowest BCUT2D eigenvalue weighted by molar-refractivity contribution is 0.700. The Kier molecular flexibility index (Phi) is 2.30. The van der Waals surface area contributed by atoms with Gasteiger partial charge in [-0.05, 0) is 6.07 Å². The van der Waals surface area contributed by atoms with Gasteiger partial charge < -0.3 is 5.73 Å². The Morgan fingerprint density at radius 2 is 2.45 bits per heavy atom. The van der Waals surface area contributed by atoms with Crippen LogP contribution in [0.1, 0.15) is 0 Å². The third-order valence-corrected chi connectivity index (χ3v) is 1.36. The van der Waals surface area contributed by atoms with E-state index >= 15 is 0 Å². The van der Waals surface area contributed by atoms with Crippen LogP contribution in [0.25, 0.3) is 0 Å². The average Bonchev–Trinajstić information content (AvgIpc) is 1.95. The maximum Gasteiger partial charge on any atom is 0.349 e. The number of hydrogen-bond acceptors (Lipinski definition) is 3. The Labute approximate surface area is 65.5 Å². The van der Waals surface area contributed by atoms with E-state index in [1.165, 1.54) is 4.57 Å². The van der Waals surface area contributed by atoms with E-state index in [1.807, 2.05) is 7.85 Å². The number of nitrogens with zero attached hydrogens (tertiary/aromatic N) is 2. The van der Waals surface area contributed by atoms with Crippen LogP contribution >= 0.6 is 0 Å². The van der Waals surface area contributed by atoms with Gasteiger partial charge in [-0.1, -0.05) is 6.32 Å². The smallest absolute Gasteiger partial charge is 0.349 e. The summed E-state index contributed by atoms with van der Waals surface area (Å²) in [5, 5.41) is 0. The Bertz CT molecular complexity index is 296. The summed E-state index contributed by atoms with van der Waals surface area (Å²) >= 11 is 0. The molecule has 1 aromatic rings. The van der Waals surface area contributed by atoms with Crippen molar-refractivity contribution in [2.75, 3.05) is 5.73 Å². The van der Waals surface area contributed by atoms with Crippen molar-refractivity contribution in [3.05, 3.63) is 22.7 Å². The maximum atomic E-state index is 11.0. The molecule has 0 saturated carbocycles. The second kappa shape index (κ2) is 3.23. The van der Waals surface area contributed by atoms with Crippen molar-refractivity contribution >= 4 is 13.7 Å². The summed E-state index contributed by atoms with van der Waals surface area (Å²) in [6.45, 7) is 0.701. The molecule has 0 saturated heterocycles. The fourth-order valence-corrected chi connectivity index (χ4v) is 0.853. The molecule has 1 aromatic heterocycles. The van der Waals surface area contributed by atoms with Crippen LogP contribution in [-0.4, -0.2) is 17.4 Å². The lowest BCUT2D eigenvalue weighted by Crippen LogP contribution is -2.22. The number of aromatic nitrogens is 2. The molecule has 58 valence electrons. The Morgan fingerprint density at radius 3 is 3.00 bits per heavy atom. The first kappa shape index (κ1) is 7.85. The van der Waals surface area contributed by atoms with Gasteiger partial charge in [0.1, 0.15) is 13.7 Å². The molecule has 0 aliphatic heterocycles. The minimum atomic E-state index is -0.271. The van der Waals surface area contributed by atoms with Crippen LogP contribution in [0.2, 0.25) is 6.32 Å². The number of aryl methyl sites for hydroxylation is 1. The number of nitrogen functional groups attached to an aromatic ring is 1.